The first-order valence-electron chi connectivity index (χ1n) is 10.9. The summed E-state index contributed by atoms with van der Waals surface area (Å²) in [5, 5.41) is 1.63. The second kappa shape index (κ2) is 7.76. The predicted molar refractivity (Wildman–Crippen MR) is 124 cm³/mol. The first kappa shape index (κ1) is 19.5. The third kappa shape index (κ3) is 3.41. The molecular formula is C23H24N4O2S2. The number of hydrogen-bond donors (Lipinski definition) is 0. The van der Waals surface area contributed by atoms with E-state index in [1.807, 2.05) is 16.8 Å². The molecule has 160 valence electrons. The molecule has 0 amide bonds. The lowest BCUT2D eigenvalue weighted by atomic mass is 10.2. The number of thiophene rings is 1. The molecule has 1 atom stereocenters. The largest absolute Gasteiger partial charge is 0.376 e. The van der Waals surface area contributed by atoms with Crippen molar-refractivity contribution in [1.82, 2.24) is 18.9 Å². The Labute approximate surface area is 188 Å². The Hall–Kier alpha value is -2.16. The van der Waals surface area contributed by atoms with Crippen molar-refractivity contribution in [1.29, 1.82) is 0 Å². The highest BCUT2D eigenvalue weighted by Gasteiger charge is 2.25. The molecule has 0 unspecified atom stereocenters. The van der Waals surface area contributed by atoms with E-state index in [9.17, 15) is 4.79 Å². The van der Waals surface area contributed by atoms with Crippen LogP contribution in [0.15, 0.2) is 34.5 Å². The third-order valence-electron chi connectivity index (χ3n) is 6.28. The molecule has 0 radical (unpaired) electrons. The lowest BCUT2D eigenvalue weighted by Crippen LogP contribution is -2.28. The first-order chi connectivity index (χ1) is 15.2. The van der Waals surface area contributed by atoms with Crippen molar-refractivity contribution in [3.05, 3.63) is 56.6 Å². The maximum absolute atomic E-state index is 13.6. The Morgan fingerprint density at radius 3 is 3.06 bits per heavy atom. The van der Waals surface area contributed by atoms with Crippen LogP contribution in [0.5, 0.6) is 0 Å². The predicted octanol–water partition coefficient (Wildman–Crippen LogP) is 4.37. The fourth-order valence-electron chi connectivity index (χ4n) is 4.73. The SMILES string of the molecule is Cc1cccn2cc(CSc3nc4sc5c(c4c(=O)n3C[C@@H]3CCCO3)CCC5)nc12. The van der Waals surface area contributed by atoms with E-state index in [-0.39, 0.29) is 11.7 Å². The van der Waals surface area contributed by atoms with Crippen LogP contribution < -0.4 is 5.56 Å². The molecular weight excluding hydrogens is 428 g/mol. The van der Waals surface area contributed by atoms with E-state index >= 15 is 0 Å². The van der Waals surface area contributed by atoms with Crippen LogP contribution in [0.25, 0.3) is 15.9 Å². The van der Waals surface area contributed by atoms with E-state index in [2.05, 4.69) is 23.6 Å². The Bertz CT molecular complexity index is 1350. The number of hydrogen-bond acceptors (Lipinski definition) is 6. The summed E-state index contributed by atoms with van der Waals surface area (Å²) in [7, 11) is 0. The standard InChI is InChI=1S/C23H24N4O2S2/c1-14-5-3-9-26-11-15(24-20(14)26)13-30-23-25-21-19(17-7-2-8-18(17)31-21)22(28)27(23)12-16-6-4-10-29-16/h3,5,9,11,16H,2,4,6-8,10,12-13H2,1H3/t16-/m0/s1. The van der Waals surface area contributed by atoms with Crippen LogP contribution in [0.2, 0.25) is 0 Å². The van der Waals surface area contributed by atoms with Crippen LogP contribution in [-0.4, -0.2) is 31.6 Å². The van der Waals surface area contributed by atoms with Gasteiger partial charge in [0.2, 0.25) is 0 Å². The van der Waals surface area contributed by atoms with E-state index in [1.54, 1.807) is 23.1 Å². The van der Waals surface area contributed by atoms with E-state index in [4.69, 9.17) is 14.7 Å². The summed E-state index contributed by atoms with van der Waals surface area (Å²) in [4.78, 5) is 25.6. The van der Waals surface area contributed by atoms with Gasteiger partial charge >= 0.3 is 0 Å². The number of imidazole rings is 1. The number of pyridine rings is 1. The van der Waals surface area contributed by atoms with Gasteiger partial charge in [-0.05, 0) is 56.2 Å². The van der Waals surface area contributed by atoms with Crippen LogP contribution in [-0.2, 0) is 29.9 Å². The summed E-state index contributed by atoms with van der Waals surface area (Å²) < 4.78 is 9.79. The second-order valence-corrected chi connectivity index (χ2v) is 10.5. The summed E-state index contributed by atoms with van der Waals surface area (Å²) in [5.41, 5.74) is 4.47. The van der Waals surface area contributed by atoms with Crippen molar-refractivity contribution >= 4 is 39.0 Å². The van der Waals surface area contributed by atoms with Gasteiger partial charge in [0.1, 0.15) is 10.5 Å². The van der Waals surface area contributed by atoms with E-state index < -0.39 is 0 Å². The fraction of sp³-hybridized carbons (Fsp3) is 0.435. The molecule has 0 N–H and O–H groups in total. The van der Waals surface area contributed by atoms with Gasteiger partial charge in [0.25, 0.3) is 5.56 Å². The summed E-state index contributed by atoms with van der Waals surface area (Å²) in [5.74, 6) is 0.676. The molecule has 1 fully saturated rings. The zero-order valence-electron chi connectivity index (χ0n) is 17.5. The highest BCUT2D eigenvalue weighted by molar-refractivity contribution is 7.98. The van der Waals surface area contributed by atoms with Gasteiger partial charge in [-0.15, -0.1) is 11.3 Å². The van der Waals surface area contributed by atoms with Crippen molar-refractivity contribution in [2.45, 2.75) is 62.6 Å². The molecule has 1 aliphatic carbocycles. The minimum atomic E-state index is 0.0980. The molecule has 2 aliphatic rings. The van der Waals surface area contributed by atoms with Crippen molar-refractivity contribution in [2.75, 3.05) is 6.61 Å². The lowest BCUT2D eigenvalue weighted by Gasteiger charge is -2.15. The molecule has 0 aromatic carbocycles. The zero-order valence-corrected chi connectivity index (χ0v) is 19.1. The van der Waals surface area contributed by atoms with Gasteiger partial charge in [-0.25, -0.2) is 9.97 Å². The molecule has 0 spiro atoms. The molecule has 4 aromatic rings. The summed E-state index contributed by atoms with van der Waals surface area (Å²) in [6.45, 7) is 3.44. The Balaban J connectivity index is 1.38. The Morgan fingerprint density at radius 1 is 1.29 bits per heavy atom. The third-order valence-corrected chi connectivity index (χ3v) is 8.47. The molecule has 6 nitrogen and oxygen atoms in total. The van der Waals surface area contributed by atoms with Gasteiger partial charge in [-0.3, -0.25) is 9.36 Å². The summed E-state index contributed by atoms with van der Waals surface area (Å²) in [6.07, 6.45) is 9.47. The molecule has 1 aliphatic heterocycles. The quantitative estimate of drug-likeness (QED) is 0.332. The molecule has 0 saturated carbocycles. The fourth-order valence-corrected chi connectivity index (χ4v) is 6.93. The van der Waals surface area contributed by atoms with Crippen molar-refractivity contribution in [3.63, 3.8) is 0 Å². The lowest BCUT2D eigenvalue weighted by molar-refractivity contribution is 0.0937. The number of aromatic nitrogens is 4. The molecule has 31 heavy (non-hydrogen) atoms. The average molecular weight is 453 g/mol. The summed E-state index contributed by atoms with van der Waals surface area (Å²) in [6, 6.07) is 4.11. The average Bonchev–Trinajstić information content (AvgIpc) is 3.53. The maximum Gasteiger partial charge on any atom is 0.263 e. The number of nitrogens with zero attached hydrogens (tertiary/aromatic N) is 4. The van der Waals surface area contributed by atoms with Crippen LogP contribution in [0.4, 0.5) is 0 Å². The number of thioether (sulfide) groups is 1. The minimum Gasteiger partial charge on any atom is -0.376 e. The van der Waals surface area contributed by atoms with Gasteiger partial charge in [-0.1, -0.05) is 17.8 Å². The molecule has 5 heterocycles. The number of aryl methyl sites for hydroxylation is 3. The first-order valence-corrected chi connectivity index (χ1v) is 12.7. The van der Waals surface area contributed by atoms with E-state index in [0.29, 0.717) is 12.3 Å². The topological polar surface area (TPSA) is 61.4 Å². The molecule has 6 rings (SSSR count). The summed E-state index contributed by atoms with van der Waals surface area (Å²) >= 11 is 3.31. The number of rotatable bonds is 5. The number of ether oxygens (including phenoxy) is 1. The van der Waals surface area contributed by atoms with Crippen LogP contribution in [0.3, 0.4) is 0 Å². The maximum atomic E-state index is 13.6. The van der Waals surface area contributed by atoms with Gasteiger partial charge in [0.05, 0.1) is 23.7 Å². The second-order valence-electron chi connectivity index (χ2n) is 8.43. The van der Waals surface area contributed by atoms with Crippen LogP contribution >= 0.6 is 23.1 Å². The van der Waals surface area contributed by atoms with E-state index in [1.165, 1.54) is 10.4 Å². The van der Waals surface area contributed by atoms with Gasteiger partial charge in [0.15, 0.2) is 5.16 Å². The zero-order chi connectivity index (χ0) is 20.9. The Morgan fingerprint density at radius 2 is 2.23 bits per heavy atom. The minimum absolute atomic E-state index is 0.0980. The van der Waals surface area contributed by atoms with Gasteiger partial charge < -0.3 is 9.14 Å². The molecule has 0 bridgehead atoms. The smallest absolute Gasteiger partial charge is 0.263 e. The number of fused-ring (bicyclic) bond motifs is 4. The molecule has 1 saturated heterocycles. The van der Waals surface area contributed by atoms with E-state index in [0.717, 1.165) is 71.0 Å². The Kier molecular flexibility index (Phi) is 4.89. The highest BCUT2D eigenvalue weighted by Crippen LogP contribution is 2.36. The van der Waals surface area contributed by atoms with Crippen LogP contribution in [0.1, 0.15) is 41.0 Å². The van der Waals surface area contributed by atoms with Crippen molar-refractivity contribution in [2.24, 2.45) is 0 Å². The van der Waals surface area contributed by atoms with Gasteiger partial charge in [-0.2, -0.15) is 0 Å². The van der Waals surface area contributed by atoms with Crippen LogP contribution in [0, 0.1) is 6.92 Å². The molecule has 4 aromatic heterocycles. The highest BCUT2D eigenvalue weighted by atomic mass is 32.2. The molecule has 8 heteroatoms. The van der Waals surface area contributed by atoms with Crippen molar-refractivity contribution in [3.8, 4) is 0 Å². The monoisotopic (exact) mass is 452 g/mol. The van der Waals surface area contributed by atoms with Crippen molar-refractivity contribution < 1.29 is 4.74 Å². The normalized spacial score (nSPS) is 18.4. The van der Waals surface area contributed by atoms with Gasteiger partial charge in [0, 0.05) is 29.6 Å².